The van der Waals surface area contributed by atoms with Gasteiger partial charge in [0.1, 0.15) is 0 Å². The number of hydrogen-bond donors (Lipinski definition) is 2. The van der Waals surface area contributed by atoms with Gasteiger partial charge < -0.3 is 15.4 Å². The van der Waals surface area contributed by atoms with E-state index in [2.05, 4.69) is 38.3 Å². The van der Waals surface area contributed by atoms with E-state index in [1.807, 2.05) is 0 Å². The Bertz CT molecular complexity index is 183. The van der Waals surface area contributed by atoms with E-state index in [1.165, 1.54) is 19.3 Å². The lowest BCUT2D eigenvalue weighted by Gasteiger charge is -2.35. The Hall–Kier alpha value is -0.120. The molecule has 2 N–H and O–H groups in total. The Morgan fingerprint density at radius 2 is 1.88 bits per heavy atom. The molecule has 3 heteroatoms. The van der Waals surface area contributed by atoms with Crippen molar-refractivity contribution in [1.29, 1.82) is 0 Å². The molecule has 0 aromatic heterocycles. The minimum Gasteiger partial charge on any atom is -0.378 e. The van der Waals surface area contributed by atoms with Gasteiger partial charge in [-0.2, -0.15) is 0 Å². The highest BCUT2D eigenvalue weighted by atomic mass is 16.5. The molecule has 1 fully saturated rings. The zero-order valence-electron chi connectivity index (χ0n) is 11.3. The van der Waals surface area contributed by atoms with Crippen molar-refractivity contribution in [1.82, 2.24) is 10.6 Å². The van der Waals surface area contributed by atoms with Crippen LogP contribution >= 0.6 is 0 Å². The van der Waals surface area contributed by atoms with Crippen LogP contribution in [0.15, 0.2) is 0 Å². The molecule has 0 spiro atoms. The van der Waals surface area contributed by atoms with Gasteiger partial charge in [0.2, 0.25) is 0 Å². The summed E-state index contributed by atoms with van der Waals surface area (Å²) in [4.78, 5) is 0. The number of nitrogens with one attached hydrogen (secondary N) is 2. The van der Waals surface area contributed by atoms with Crippen LogP contribution in [0.5, 0.6) is 0 Å². The van der Waals surface area contributed by atoms with Crippen molar-refractivity contribution in [3.8, 4) is 0 Å². The highest BCUT2D eigenvalue weighted by Crippen LogP contribution is 2.22. The third-order valence-corrected chi connectivity index (χ3v) is 2.94. The second-order valence-electron chi connectivity index (χ2n) is 5.73. The third-order valence-electron chi connectivity index (χ3n) is 2.94. The van der Waals surface area contributed by atoms with Gasteiger partial charge in [-0.25, -0.2) is 0 Å². The molecule has 0 bridgehead atoms. The van der Waals surface area contributed by atoms with Gasteiger partial charge in [-0.1, -0.05) is 0 Å². The van der Waals surface area contributed by atoms with Crippen molar-refractivity contribution < 1.29 is 4.74 Å². The first-order valence-corrected chi connectivity index (χ1v) is 6.61. The molecule has 1 aliphatic rings. The van der Waals surface area contributed by atoms with E-state index in [0.717, 1.165) is 19.7 Å². The molecular weight excluding hydrogens is 200 g/mol. The lowest BCUT2D eigenvalue weighted by molar-refractivity contribution is -0.00973. The Kier molecular flexibility index (Phi) is 5.73. The van der Waals surface area contributed by atoms with Gasteiger partial charge in [-0.15, -0.1) is 0 Å². The molecule has 1 aliphatic carbocycles. The standard InChI is InChI=1S/C13H28N2O/c1-5-16-12-9-11(10-12)14-7-6-8-15-13(2,3)4/h11-12,14-15H,5-10H2,1-4H3. The van der Waals surface area contributed by atoms with Crippen molar-refractivity contribution in [3.63, 3.8) is 0 Å². The zero-order chi connectivity index (χ0) is 12.0. The summed E-state index contributed by atoms with van der Waals surface area (Å²) >= 11 is 0. The summed E-state index contributed by atoms with van der Waals surface area (Å²) < 4.78 is 5.53. The number of rotatable bonds is 7. The van der Waals surface area contributed by atoms with E-state index in [4.69, 9.17) is 4.74 Å². The van der Waals surface area contributed by atoms with E-state index >= 15 is 0 Å². The normalized spacial score (nSPS) is 25.5. The van der Waals surface area contributed by atoms with E-state index in [0.29, 0.717) is 12.1 Å². The van der Waals surface area contributed by atoms with Crippen molar-refractivity contribution in [2.75, 3.05) is 19.7 Å². The van der Waals surface area contributed by atoms with Crippen molar-refractivity contribution in [2.24, 2.45) is 0 Å². The lowest BCUT2D eigenvalue weighted by atomic mass is 9.89. The molecule has 0 aromatic carbocycles. The van der Waals surface area contributed by atoms with Crippen molar-refractivity contribution >= 4 is 0 Å². The molecule has 16 heavy (non-hydrogen) atoms. The maximum atomic E-state index is 5.53. The Balaban J connectivity index is 1.86. The van der Waals surface area contributed by atoms with Crippen LogP contribution in [0.3, 0.4) is 0 Å². The molecule has 0 aromatic rings. The first-order chi connectivity index (χ1) is 7.51. The molecule has 0 atom stereocenters. The summed E-state index contributed by atoms with van der Waals surface area (Å²) in [5.74, 6) is 0. The topological polar surface area (TPSA) is 33.3 Å². The number of hydrogen-bond acceptors (Lipinski definition) is 3. The SMILES string of the molecule is CCOC1CC(NCCCNC(C)(C)C)C1. The van der Waals surface area contributed by atoms with Gasteiger partial charge >= 0.3 is 0 Å². The molecule has 1 saturated carbocycles. The summed E-state index contributed by atoms with van der Waals surface area (Å²) in [6.07, 6.45) is 4.11. The average Bonchev–Trinajstić information content (AvgIpc) is 2.11. The van der Waals surface area contributed by atoms with Crippen LogP contribution in [0.25, 0.3) is 0 Å². The number of ether oxygens (including phenoxy) is 1. The summed E-state index contributed by atoms with van der Waals surface area (Å²) in [7, 11) is 0. The van der Waals surface area contributed by atoms with E-state index in [9.17, 15) is 0 Å². The molecular formula is C13H28N2O. The molecule has 96 valence electrons. The second kappa shape index (κ2) is 6.58. The largest absolute Gasteiger partial charge is 0.378 e. The highest BCUT2D eigenvalue weighted by molar-refractivity contribution is 4.85. The van der Waals surface area contributed by atoms with Gasteiger partial charge in [0.05, 0.1) is 6.10 Å². The molecule has 0 unspecified atom stereocenters. The highest BCUT2D eigenvalue weighted by Gasteiger charge is 2.28. The fourth-order valence-electron chi connectivity index (χ4n) is 1.96. The molecule has 3 nitrogen and oxygen atoms in total. The second-order valence-corrected chi connectivity index (χ2v) is 5.73. The van der Waals surface area contributed by atoms with Crippen LogP contribution in [0, 0.1) is 0 Å². The monoisotopic (exact) mass is 228 g/mol. The molecule has 1 rings (SSSR count). The predicted octanol–water partition coefficient (Wildman–Crippen LogP) is 1.92. The maximum Gasteiger partial charge on any atom is 0.0604 e. The van der Waals surface area contributed by atoms with Gasteiger partial charge in [-0.3, -0.25) is 0 Å². The van der Waals surface area contributed by atoms with Crippen LogP contribution in [0.4, 0.5) is 0 Å². The van der Waals surface area contributed by atoms with Gasteiger partial charge in [0.25, 0.3) is 0 Å². The smallest absolute Gasteiger partial charge is 0.0604 e. The van der Waals surface area contributed by atoms with Crippen LogP contribution in [-0.2, 0) is 4.74 Å². The molecule has 0 amide bonds. The first kappa shape index (κ1) is 13.9. The minimum absolute atomic E-state index is 0.247. The molecule has 0 aliphatic heterocycles. The maximum absolute atomic E-state index is 5.53. The Labute approximate surface area is 100 Å². The van der Waals surface area contributed by atoms with E-state index in [-0.39, 0.29) is 5.54 Å². The zero-order valence-corrected chi connectivity index (χ0v) is 11.3. The van der Waals surface area contributed by atoms with Crippen molar-refractivity contribution in [2.45, 2.75) is 64.6 Å². The lowest BCUT2D eigenvalue weighted by Crippen LogP contribution is -2.46. The van der Waals surface area contributed by atoms with E-state index < -0.39 is 0 Å². The van der Waals surface area contributed by atoms with Gasteiger partial charge in [0.15, 0.2) is 0 Å². The average molecular weight is 228 g/mol. The first-order valence-electron chi connectivity index (χ1n) is 6.61. The Morgan fingerprint density at radius 1 is 1.19 bits per heavy atom. The fourth-order valence-corrected chi connectivity index (χ4v) is 1.96. The quantitative estimate of drug-likeness (QED) is 0.653. The van der Waals surface area contributed by atoms with Crippen molar-refractivity contribution in [3.05, 3.63) is 0 Å². The molecule has 0 saturated heterocycles. The summed E-state index contributed by atoms with van der Waals surface area (Å²) in [6.45, 7) is 11.8. The van der Waals surface area contributed by atoms with Gasteiger partial charge in [0, 0.05) is 18.2 Å². The molecule has 0 radical (unpaired) electrons. The summed E-state index contributed by atoms with van der Waals surface area (Å²) in [5.41, 5.74) is 0.247. The van der Waals surface area contributed by atoms with Gasteiger partial charge in [-0.05, 0) is 60.0 Å². The predicted molar refractivity (Wildman–Crippen MR) is 68.8 cm³/mol. The van der Waals surface area contributed by atoms with Crippen LogP contribution in [0.2, 0.25) is 0 Å². The van der Waals surface area contributed by atoms with Crippen LogP contribution < -0.4 is 10.6 Å². The summed E-state index contributed by atoms with van der Waals surface area (Å²) in [5, 5.41) is 7.07. The van der Waals surface area contributed by atoms with Crippen LogP contribution in [-0.4, -0.2) is 37.4 Å². The fraction of sp³-hybridized carbons (Fsp3) is 1.00. The summed E-state index contributed by atoms with van der Waals surface area (Å²) in [6, 6.07) is 0.700. The molecule has 0 heterocycles. The van der Waals surface area contributed by atoms with E-state index in [1.54, 1.807) is 0 Å². The Morgan fingerprint density at radius 3 is 2.44 bits per heavy atom. The minimum atomic E-state index is 0.247. The van der Waals surface area contributed by atoms with Crippen LogP contribution in [0.1, 0.15) is 47.0 Å². The third kappa shape index (κ3) is 5.83.